The van der Waals surface area contributed by atoms with Crippen molar-refractivity contribution in [2.45, 2.75) is 26.8 Å². The van der Waals surface area contributed by atoms with Crippen molar-refractivity contribution in [2.24, 2.45) is 0 Å². The lowest BCUT2D eigenvalue weighted by molar-refractivity contribution is 0.618. The Morgan fingerprint density at radius 1 is 1.11 bits per heavy atom. The number of nitrogens with zero attached hydrogens (tertiary/aromatic N) is 2. The SMILES string of the molecule is Cc1cc(-c2ccc(NC(C)C)nn2)ccc1F. The van der Waals surface area contributed by atoms with E-state index in [1.54, 1.807) is 19.1 Å². The average molecular weight is 245 g/mol. The monoisotopic (exact) mass is 245 g/mol. The maximum Gasteiger partial charge on any atom is 0.148 e. The predicted molar refractivity (Wildman–Crippen MR) is 70.9 cm³/mol. The normalized spacial score (nSPS) is 10.7. The van der Waals surface area contributed by atoms with E-state index in [0.717, 1.165) is 17.1 Å². The molecule has 0 unspecified atom stereocenters. The van der Waals surface area contributed by atoms with E-state index in [1.165, 1.54) is 6.07 Å². The zero-order valence-corrected chi connectivity index (χ0v) is 10.7. The molecular weight excluding hydrogens is 229 g/mol. The van der Waals surface area contributed by atoms with Crippen molar-refractivity contribution in [2.75, 3.05) is 5.32 Å². The predicted octanol–water partition coefficient (Wildman–Crippen LogP) is 3.41. The molecule has 0 bridgehead atoms. The van der Waals surface area contributed by atoms with Crippen LogP contribution < -0.4 is 5.32 Å². The molecule has 2 aromatic rings. The quantitative estimate of drug-likeness (QED) is 0.900. The third-order valence-electron chi connectivity index (χ3n) is 2.55. The highest BCUT2D eigenvalue weighted by Crippen LogP contribution is 2.20. The van der Waals surface area contributed by atoms with E-state index in [4.69, 9.17) is 0 Å². The van der Waals surface area contributed by atoms with Gasteiger partial charge in [0.05, 0.1) is 5.69 Å². The molecule has 1 N–H and O–H groups in total. The molecule has 0 saturated carbocycles. The molecule has 0 fully saturated rings. The summed E-state index contributed by atoms with van der Waals surface area (Å²) in [5.74, 6) is 0.539. The fourth-order valence-corrected chi connectivity index (χ4v) is 1.66. The van der Waals surface area contributed by atoms with Gasteiger partial charge in [0.25, 0.3) is 0 Å². The Balaban J connectivity index is 2.25. The number of aromatic nitrogens is 2. The molecule has 0 atom stereocenters. The first-order valence-electron chi connectivity index (χ1n) is 5.93. The Morgan fingerprint density at radius 3 is 2.44 bits per heavy atom. The van der Waals surface area contributed by atoms with Crippen LogP contribution in [0.25, 0.3) is 11.3 Å². The van der Waals surface area contributed by atoms with E-state index in [0.29, 0.717) is 11.6 Å². The van der Waals surface area contributed by atoms with Gasteiger partial charge in [-0.3, -0.25) is 0 Å². The summed E-state index contributed by atoms with van der Waals surface area (Å²) in [5, 5.41) is 11.4. The van der Waals surface area contributed by atoms with Crippen LogP contribution in [0.2, 0.25) is 0 Å². The van der Waals surface area contributed by atoms with Gasteiger partial charge < -0.3 is 5.32 Å². The van der Waals surface area contributed by atoms with Crippen molar-refractivity contribution >= 4 is 5.82 Å². The first kappa shape index (κ1) is 12.5. The summed E-state index contributed by atoms with van der Waals surface area (Å²) in [4.78, 5) is 0. The minimum atomic E-state index is -0.204. The van der Waals surface area contributed by atoms with Gasteiger partial charge in [0.2, 0.25) is 0 Å². The molecule has 0 radical (unpaired) electrons. The second-order valence-electron chi connectivity index (χ2n) is 4.57. The van der Waals surface area contributed by atoms with Crippen LogP contribution in [-0.4, -0.2) is 16.2 Å². The Hall–Kier alpha value is -1.97. The van der Waals surface area contributed by atoms with Crippen LogP contribution in [0.3, 0.4) is 0 Å². The summed E-state index contributed by atoms with van der Waals surface area (Å²) in [6, 6.07) is 9.01. The molecule has 0 aliphatic carbocycles. The van der Waals surface area contributed by atoms with Gasteiger partial charge in [0.1, 0.15) is 11.6 Å². The zero-order valence-electron chi connectivity index (χ0n) is 10.7. The molecule has 0 saturated heterocycles. The average Bonchev–Trinajstić information content (AvgIpc) is 2.33. The fraction of sp³-hybridized carbons (Fsp3) is 0.286. The Bertz CT molecular complexity index is 535. The molecule has 1 heterocycles. The van der Waals surface area contributed by atoms with E-state index in [1.807, 2.05) is 26.0 Å². The lowest BCUT2D eigenvalue weighted by Crippen LogP contribution is -2.11. The zero-order chi connectivity index (χ0) is 13.1. The smallest absolute Gasteiger partial charge is 0.148 e. The van der Waals surface area contributed by atoms with Crippen molar-refractivity contribution in [3.8, 4) is 11.3 Å². The fourth-order valence-electron chi connectivity index (χ4n) is 1.66. The molecule has 1 aromatic heterocycles. The lowest BCUT2D eigenvalue weighted by Gasteiger charge is -2.08. The van der Waals surface area contributed by atoms with Crippen LogP contribution >= 0.6 is 0 Å². The van der Waals surface area contributed by atoms with E-state index < -0.39 is 0 Å². The van der Waals surface area contributed by atoms with Gasteiger partial charge in [0, 0.05) is 11.6 Å². The summed E-state index contributed by atoms with van der Waals surface area (Å²) < 4.78 is 13.2. The molecule has 2 rings (SSSR count). The number of hydrogen-bond acceptors (Lipinski definition) is 3. The van der Waals surface area contributed by atoms with Crippen LogP contribution in [0.15, 0.2) is 30.3 Å². The molecule has 0 aliphatic rings. The topological polar surface area (TPSA) is 37.8 Å². The molecule has 4 heteroatoms. The van der Waals surface area contributed by atoms with Crippen molar-refractivity contribution < 1.29 is 4.39 Å². The standard InChI is InChI=1S/C14H16FN3/c1-9(2)16-14-7-6-13(17-18-14)11-4-5-12(15)10(3)8-11/h4-9H,1-3H3,(H,16,18). The summed E-state index contributed by atoms with van der Waals surface area (Å²) >= 11 is 0. The van der Waals surface area contributed by atoms with Gasteiger partial charge in [-0.1, -0.05) is 0 Å². The van der Waals surface area contributed by atoms with Crippen molar-refractivity contribution in [3.05, 3.63) is 41.7 Å². The van der Waals surface area contributed by atoms with Gasteiger partial charge in [-0.15, -0.1) is 10.2 Å². The first-order chi connectivity index (χ1) is 8.56. The summed E-state index contributed by atoms with van der Waals surface area (Å²) in [6.07, 6.45) is 0. The largest absolute Gasteiger partial charge is 0.366 e. The number of hydrogen-bond donors (Lipinski definition) is 1. The minimum absolute atomic E-state index is 0.204. The van der Waals surface area contributed by atoms with Gasteiger partial charge in [0.15, 0.2) is 0 Å². The number of halogens is 1. The van der Waals surface area contributed by atoms with Gasteiger partial charge in [-0.05, 0) is 56.7 Å². The van der Waals surface area contributed by atoms with Gasteiger partial charge >= 0.3 is 0 Å². The highest BCUT2D eigenvalue weighted by Gasteiger charge is 2.04. The van der Waals surface area contributed by atoms with Crippen molar-refractivity contribution in [3.63, 3.8) is 0 Å². The number of anilines is 1. The first-order valence-corrected chi connectivity index (χ1v) is 5.93. The van der Waals surface area contributed by atoms with Crippen LogP contribution in [0, 0.1) is 12.7 Å². The number of nitrogens with one attached hydrogen (secondary N) is 1. The molecule has 1 aromatic carbocycles. The van der Waals surface area contributed by atoms with Crippen LogP contribution in [0.1, 0.15) is 19.4 Å². The van der Waals surface area contributed by atoms with Gasteiger partial charge in [-0.25, -0.2) is 4.39 Å². The minimum Gasteiger partial charge on any atom is -0.366 e. The molecule has 0 aliphatic heterocycles. The van der Waals surface area contributed by atoms with E-state index in [2.05, 4.69) is 15.5 Å². The number of rotatable bonds is 3. The van der Waals surface area contributed by atoms with Crippen molar-refractivity contribution in [1.29, 1.82) is 0 Å². The molecule has 94 valence electrons. The Kier molecular flexibility index (Phi) is 3.55. The Morgan fingerprint density at radius 2 is 1.89 bits per heavy atom. The highest BCUT2D eigenvalue weighted by molar-refractivity contribution is 5.60. The molecule has 0 spiro atoms. The molecule has 18 heavy (non-hydrogen) atoms. The molecular formula is C14H16FN3. The van der Waals surface area contributed by atoms with Gasteiger partial charge in [-0.2, -0.15) is 0 Å². The summed E-state index contributed by atoms with van der Waals surface area (Å²) in [7, 11) is 0. The number of benzene rings is 1. The van der Waals surface area contributed by atoms with Crippen LogP contribution in [0.5, 0.6) is 0 Å². The van der Waals surface area contributed by atoms with Crippen molar-refractivity contribution in [1.82, 2.24) is 10.2 Å². The second-order valence-corrected chi connectivity index (χ2v) is 4.57. The lowest BCUT2D eigenvalue weighted by atomic mass is 10.1. The molecule has 0 amide bonds. The van der Waals surface area contributed by atoms with E-state index >= 15 is 0 Å². The second kappa shape index (κ2) is 5.12. The van der Waals surface area contributed by atoms with E-state index in [9.17, 15) is 4.39 Å². The van der Waals surface area contributed by atoms with Crippen LogP contribution in [0.4, 0.5) is 10.2 Å². The third-order valence-corrected chi connectivity index (χ3v) is 2.55. The Labute approximate surface area is 106 Å². The van der Waals surface area contributed by atoms with E-state index in [-0.39, 0.29) is 5.82 Å². The third kappa shape index (κ3) is 2.83. The van der Waals surface area contributed by atoms with Crippen LogP contribution in [-0.2, 0) is 0 Å². The summed E-state index contributed by atoms with van der Waals surface area (Å²) in [5.41, 5.74) is 2.23. The highest BCUT2D eigenvalue weighted by atomic mass is 19.1. The maximum atomic E-state index is 13.2. The number of aryl methyl sites for hydroxylation is 1. The summed E-state index contributed by atoms with van der Waals surface area (Å²) in [6.45, 7) is 5.82. The molecule has 3 nitrogen and oxygen atoms in total. The maximum absolute atomic E-state index is 13.2.